The van der Waals surface area contributed by atoms with Gasteiger partial charge in [-0.15, -0.1) is 0 Å². The summed E-state index contributed by atoms with van der Waals surface area (Å²) >= 11 is 0. The number of pyridine rings is 1. The monoisotopic (exact) mass is 292 g/mol. The summed E-state index contributed by atoms with van der Waals surface area (Å²) < 4.78 is 26.8. The molecule has 1 amide bonds. The van der Waals surface area contributed by atoms with Crippen LogP contribution in [0.3, 0.4) is 0 Å². The summed E-state index contributed by atoms with van der Waals surface area (Å²) in [6.07, 6.45) is 1.27. The van der Waals surface area contributed by atoms with Crippen molar-refractivity contribution < 1.29 is 23.5 Å². The molecular weight excluding hydrogens is 282 g/mol. The third-order valence-corrected chi connectivity index (χ3v) is 2.69. The summed E-state index contributed by atoms with van der Waals surface area (Å²) in [7, 11) is 0. The zero-order chi connectivity index (χ0) is 15.4. The van der Waals surface area contributed by atoms with Gasteiger partial charge in [-0.1, -0.05) is 12.1 Å². The molecule has 0 spiro atoms. The maximum Gasteiger partial charge on any atom is 0.354 e. The van der Waals surface area contributed by atoms with Crippen LogP contribution in [0, 0.1) is 11.6 Å². The number of carbonyl (C=O) groups is 2. The van der Waals surface area contributed by atoms with E-state index >= 15 is 0 Å². The Bertz CT molecular complexity index is 667. The Labute approximate surface area is 118 Å². The standard InChI is InChI=1S/C14H10F2N2O3/c15-9-2-1-3-10(16)12(9)13(19)18-7-8-4-5-11(14(20)21)17-6-8/h1-6H,7H2,(H,18,19)(H,20,21). The fraction of sp³-hybridized carbons (Fsp3) is 0.0714. The summed E-state index contributed by atoms with van der Waals surface area (Å²) in [5.41, 5.74) is -0.289. The van der Waals surface area contributed by atoms with E-state index in [-0.39, 0.29) is 12.2 Å². The lowest BCUT2D eigenvalue weighted by molar-refractivity contribution is 0.0690. The van der Waals surface area contributed by atoms with Gasteiger partial charge < -0.3 is 10.4 Å². The number of hydrogen-bond donors (Lipinski definition) is 2. The SMILES string of the molecule is O=C(O)c1ccc(CNC(=O)c2c(F)cccc2F)cn1. The fourth-order valence-corrected chi connectivity index (χ4v) is 1.64. The molecule has 0 saturated carbocycles. The summed E-state index contributed by atoms with van der Waals surface area (Å²) in [5.74, 6) is -3.97. The van der Waals surface area contributed by atoms with Crippen molar-refractivity contribution >= 4 is 11.9 Å². The third kappa shape index (κ3) is 3.38. The molecule has 0 unspecified atom stereocenters. The molecule has 5 nitrogen and oxygen atoms in total. The molecule has 108 valence electrons. The highest BCUT2D eigenvalue weighted by Crippen LogP contribution is 2.12. The van der Waals surface area contributed by atoms with Gasteiger partial charge in [-0.05, 0) is 23.8 Å². The van der Waals surface area contributed by atoms with Crippen LogP contribution >= 0.6 is 0 Å². The zero-order valence-electron chi connectivity index (χ0n) is 10.6. The van der Waals surface area contributed by atoms with Crippen molar-refractivity contribution in [2.75, 3.05) is 0 Å². The van der Waals surface area contributed by atoms with E-state index in [0.717, 1.165) is 18.2 Å². The number of benzene rings is 1. The maximum atomic E-state index is 13.4. The van der Waals surface area contributed by atoms with Crippen LogP contribution in [0.1, 0.15) is 26.4 Å². The molecule has 0 aliphatic rings. The zero-order valence-corrected chi connectivity index (χ0v) is 10.6. The highest BCUT2D eigenvalue weighted by atomic mass is 19.1. The van der Waals surface area contributed by atoms with Crippen molar-refractivity contribution in [1.29, 1.82) is 0 Å². The molecule has 1 aromatic heterocycles. The van der Waals surface area contributed by atoms with Gasteiger partial charge in [-0.3, -0.25) is 4.79 Å². The van der Waals surface area contributed by atoms with Crippen molar-refractivity contribution in [2.24, 2.45) is 0 Å². The molecule has 0 bridgehead atoms. The number of aromatic carboxylic acids is 1. The molecule has 0 fully saturated rings. The molecule has 1 aromatic carbocycles. The average molecular weight is 292 g/mol. The van der Waals surface area contributed by atoms with Crippen LogP contribution in [0.2, 0.25) is 0 Å². The van der Waals surface area contributed by atoms with Crippen LogP contribution in [0.5, 0.6) is 0 Å². The number of nitrogens with one attached hydrogen (secondary N) is 1. The first-order chi connectivity index (χ1) is 9.99. The van der Waals surface area contributed by atoms with Crippen molar-refractivity contribution in [3.63, 3.8) is 0 Å². The first-order valence-corrected chi connectivity index (χ1v) is 5.89. The van der Waals surface area contributed by atoms with Crippen molar-refractivity contribution in [2.45, 2.75) is 6.54 Å². The van der Waals surface area contributed by atoms with Gasteiger partial charge in [-0.2, -0.15) is 0 Å². The lowest BCUT2D eigenvalue weighted by Gasteiger charge is -2.07. The molecule has 21 heavy (non-hydrogen) atoms. The van der Waals surface area contributed by atoms with Crippen LogP contribution in [-0.2, 0) is 6.54 Å². The fourth-order valence-electron chi connectivity index (χ4n) is 1.64. The molecule has 0 aliphatic carbocycles. The van der Waals surface area contributed by atoms with Crippen LogP contribution in [0.15, 0.2) is 36.5 Å². The van der Waals surface area contributed by atoms with Crippen LogP contribution in [0.4, 0.5) is 8.78 Å². The van der Waals surface area contributed by atoms with Crippen molar-refractivity contribution in [3.8, 4) is 0 Å². The summed E-state index contributed by atoms with van der Waals surface area (Å²) in [6.45, 7) is -0.0283. The Balaban J connectivity index is 2.06. The second-order valence-electron chi connectivity index (χ2n) is 4.14. The molecule has 0 aliphatic heterocycles. The number of halogens is 2. The topological polar surface area (TPSA) is 79.3 Å². The second kappa shape index (κ2) is 6.08. The van der Waals surface area contributed by atoms with Gasteiger partial charge in [0.1, 0.15) is 22.9 Å². The Morgan fingerprint density at radius 2 is 1.81 bits per heavy atom. The van der Waals surface area contributed by atoms with Crippen molar-refractivity contribution in [3.05, 3.63) is 65.0 Å². The Hall–Kier alpha value is -2.83. The van der Waals surface area contributed by atoms with Crippen molar-refractivity contribution in [1.82, 2.24) is 10.3 Å². The first-order valence-electron chi connectivity index (χ1n) is 5.89. The van der Waals surface area contributed by atoms with E-state index in [1.807, 2.05) is 0 Å². The minimum absolute atomic E-state index is 0.0283. The highest BCUT2D eigenvalue weighted by Gasteiger charge is 2.16. The minimum atomic E-state index is -1.17. The lowest BCUT2D eigenvalue weighted by atomic mass is 10.1. The number of aromatic nitrogens is 1. The largest absolute Gasteiger partial charge is 0.477 e. The molecule has 0 saturated heterocycles. The van der Waals surface area contributed by atoms with E-state index in [1.165, 1.54) is 18.3 Å². The van der Waals surface area contributed by atoms with Gasteiger partial charge >= 0.3 is 5.97 Å². The number of amides is 1. The molecule has 2 N–H and O–H groups in total. The number of nitrogens with zero attached hydrogens (tertiary/aromatic N) is 1. The van der Waals surface area contributed by atoms with Gasteiger partial charge in [-0.25, -0.2) is 18.6 Å². The summed E-state index contributed by atoms with van der Waals surface area (Å²) in [4.78, 5) is 26.0. The van der Waals surface area contributed by atoms with Crippen LogP contribution in [-0.4, -0.2) is 22.0 Å². The maximum absolute atomic E-state index is 13.4. The first kappa shape index (κ1) is 14.6. The van der Waals surface area contributed by atoms with E-state index < -0.39 is 29.1 Å². The number of rotatable bonds is 4. The van der Waals surface area contributed by atoms with E-state index in [0.29, 0.717) is 5.56 Å². The highest BCUT2D eigenvalue weighted by molar-refractivity contribution is 5.94. The molecule has 0 atom stereocenters. The number of carbonyl (C=O) groups excluding carboxylic acids is 1. The summed E-state index contributed by atoms with van der Waals surface area (Å²) in [5, 5.41) is 11.0. The summed E-state index contributed by atoms with van der Waals surface area (Å²) in [6, 6.07) is 5.86. The molecular formula is C14H10F2N2O3. The molecule has 1 heterocycles. The Morgan fingerprint density at radius 1 is 1.14 bits per heavy atom. The lowest BCUT2D eigenvalue weighted by Crippen LogP contribution is -2.25. The molecule has 0 radical (unpaired) electrons. The smallest absolute Gasteiger partial charge is 0.354 e. The molecule has 2 aromatic rings. The predicted molar refractivity (Wildman–Crippen MR) is 68.7 cm³/mol. The Kier molecular flexibility index (Phi) is 4.22. The minimum Gasteiger partial charge on any atom is -0.477 e. The third-order valence-electron chi connectivity index (χ3n) is 2.69. The number of carboxylic acids is 1. The van der Waals surface area contributed by atoms with Crippen LogP contribution in [0.25, 0.3) is 0 Å². The van der Waals surface area contributed by atoms with Gasteiger partial charge in [0.15, 0.2) is 0 Å². The molecule has 7 heteroatoms. The Morgan fingerprint density at radius 3 is 2.33 bits per heavy atom. The van der Waals surface area contributed by atoms with E-state index in [2.05, 4.69) is 10.3 Å². The van der Waals surface area contributed by atoms with Gasteiger partial charge in [0.25, 0.3) is 5.91 Å². The van der Waals surface area contributed by atoms with Gasteiger partial charge in [0.05, 0.1) is 0 Å². The van der Waals surface area contributed by atoms with Gasteiger partial charge in [0.2, 0.25) is 0 Å². The van der Waals surface area contributed by atoms with E-state index in [4.69, 9.17) is 5.11 Å². The predicted octanol–water partition coefficient (Wildman–Crippen LogP) is 1.99. The quantitative estimate of drug-likeness (QED) is 0.903. The van der Waals surface area contributed by atoms with E-state index in [9.17, 15) is 18.4 Å². The van der Waals surface area contributed by atoms with Gasteiger partial charge in [0, 0.05) is 12.7 Å². The average Bonchev–Trinajstić information content (AvgIpc) is 2.45. The molecule has 2 rings (SSSR count). The normalized spacial score (nSPS) is 10.2. The second-order valence-corrected chi connectivity index (χ2v) is 4.14. The van der Waals surface area contributed by atoms with Crippen LogP contribution < -0.4 is 5.32 Å². The number of hydrogen-bond acceptors (Lipinski definition) is 3. The van der Waals surface area contributed by atoms with E-state index in [1.54, 1.807) is 0 Å². The number of carboxylic acid groups (broad SMARTS) is 1.